The predicted molar refractivity (Wildman–Crippen MR) is 66.2 cm³/mol. The summed E-state index contributed by atoms with van der Waals surface area (Å²) in [5, 5.41) is 0. The Hall–Kier alpha value is -1.18. The molecule has 0 saturated carbocycles. The first-order chi connectivity index (χ1) is 6.98. The maximum absolute atomic E-state index is 5.82. The van der Waals surface area contributed by atoms with E-state index >= 15 is 0 Å². The molecule has 0 amide bonds. The predicted octanol–water partition coefficient (Wildman–Crippen LogP) is 2.81. The molecule has 0 radical (unpaired) electrons. The van der Waals surface area contributed by atoms with Crippen molar-refractivity contribution in [2.75, 3.05) is 23.7 Å². The molecular formula is C13H20N2. The van der Waals surface area contributed by atoms with Crippen LogP contribution in [0.4, 0.5) is 11.4 Å². The summed E-state index contributed by atoms with van der Waals surface area (Å²) < 4.78 is 0. The van der Waals surface area contributed by atoms with Crippen LogP contribution in [0.2, 0.25) is 0 Å². The lowest BCUT2D eigenvalue weighted by Crippen LogP contribution is -2.22. The third-order valence-corrected chi connectivity index (χ3v) is 3.30. The minimum atomic E-state index is 0.454. The van der Waals surface area contributed by atoms with E-state index in [4.69, 9.17) is 5.73 Å². The third kappa shape index (κ3) is 2.09. The first-order valence-corrected chi connectivity index (χ1v) is 5.59. The van der Waals surface area contributed by atoms with Crippen LogP contribution in [0.15, 0.2) is 18.2 Å². The van der Waals surface area contributed by atoms with Crippen LogP contribution >= 0.6 is 0 Å². The van der Waals surface area contributed by atoms with Gasteiger partial charge in [-0.2, -0.15) is 0 Å². The van der Waals surface area contributed by atoms with Crippen LogP contribution in [0.5, 0.6) is 0 Å². The van der Waals surface area contributed by atoms with Crippen molar-refractivity contribution in [3.63, 3.8) is 0 Å². The molecule has 1 aliphatic heterocycles. The van der Waals surface area contributed by atoms with Crippen molar-refractivity contribution in [1.82, 2.24) is 0 Å². The van der Waals surface area contributed by atoms with Gasteiger partial charge in [0.2, 0.25) is 0 Å². The van der Waals surface area contributed by atoms with Crippen molar-refractivity contribution in [3.05, 3.63) is 23.8 Å². The molecule has 1 heterocycles. The first-order valence-electron chi connectivity index (χ1n) is 5.59. The molecule has 1 fully saturated rings. The van der Waals surface area contributed by atoms with Crippen molar-refractivity contribution in [2.24, 2.45) is 5.41 Å². The van der Waals surface area contributed by atoms with Crippen LogP contribution in [0.3, 0.4) is 0 Å². The van der Waals surface area contributed by atoms with E-state index in [-0.39, 0.29) is 0 Å². The Labute approximate surface area is 92.1 Å². The van der Waals surface area contributed by atoms with Gasteiger partial charge in [-0.3, -0.25) is 0 Å². The summed E-state index contributed by atoms with van der Waals surface area (Å²) in [6.07, 6.45) is 1.27. The van der Waals surface area contributed by atoms with Gasteiger partial charge < -0.3 is 10.6 Å². The Kier molecular flexibility index (Phi) is 2.37. The molecule has 1 aromatic carbocycles. The number of hydrogen-bond donors (Lipinski definition) is 1. The number of aryl methyl sites for hydroxylation is 1. The van der Waals surface area contributed by atoms with Crippen molar-refractivity contribution in [3.8, 4) is 0 Å². The molecule has 0 aliphatic carbocycles. The Morgan fingerprint density at radius 2 is 2.07 bits per heavy atom. The summed E-state index contributed by atoms with van der Waals surface area (Å²) in [5.41, 5.74) is 9.65. The topological polar surface area (TPSA) is 29.3 Å². The van der Waals surface area contributed by atoms with Crippen LogP contribution in [0, 0.1) is 12.3 Å². The maximum Gasteiger partial charge on any atom is 0.0370 e. The summed E-state index contributed by atoms with van der Waals surface area (Å²) in [6, 6.07) is 6.33. The summed E-state index contributed by atoms with van der Waals surface area (Å²) in [7, 11) is 0. The van der Waals surface area contributed by atoms with Gasteiger partial charge in [0.15, 0.2) is 0 Å². The fourth-order valence-electron chi connectivity index (χ4n) is 2.19. The Bertz CT molecular complexity index is 369. The molecule has 82 valence electrons. The highest BCUT2D eigenvalue weighted by molar-refractivity contribution is 5.58. The Morgan fingerprint density at radius 1 is 1.33 bits per heavy atom. The number of benzene rings is 1. The maximum atomic E-state index is 5.82. The summed E-state index contributed by atoms with van der Waals surface area (Å²) in [6.45, 7) is 9.04. The van der Waals surface area contributed by atoms with E-state index in [1.165, 1.54) is 17.7 Å². The van der Waals surface area contributed by atoms with Gasteiger partial charge in [-0.15, -0.1) is 0 Å². The van der Waals surface area contributed by atoms with Crippen LogP contribution in [-0.2, 0) is 0 Å². The number of rotatable bonds is 1. The average molecular weight is 204 g/mol. The first kappa shape index (κ1) is 10.3. The van der Waals surface area contributed by atoms with Gasteiger partial charge in [0.1, 0.15) is 0 Å². The number of anilines is 2. The fourth-order valence-corrected chi connectivity index (χ4v) is 2.19. The molecule has 1 aromatic rings. The second kappa shape index (κ2) is 3.44. The summed E-state index contributed by atoms with van der Waals surface area (Å²) in [4.78, 5) is 2.45. The van der Waals surface area contributed by atoms with Gasteiger partial charge in [0.05, 0.1) is 0 Å². The van der Waals surface area contributed by atoms with Crippen molar-refractivity contribution in [2.45, 2.75) is 27.2 Å². The van der Waals surface area contributed by atoms with Crippen LogP contribution in [-0.4, -0.2) is 13.1 Å². The van der Waals surface area contributed by atoms with Crippen molar-refractivity contribution < 1.29 is 0 Å². The standard InChI is InChI=1S/C13H20N2/c1-10-8-11(4-5-12(10)14)15-7-6-13(2,3)9-15/h4-5,8H,6-7,9,14H2,1-3H3. The highest BCUT2D eigenvalue weighted by atomic mass is 15.2. The zero-order valence-corrected chi connectivity index (χ0v) is 9.88. The van der Waals surface area contributed by atoms with Crippen LogP contribution in [0.1, 0.15) is 25.8 Å². The van der Waals surface area contributed by atoms with Gasteiger partial charge >= 0.3 is 0 Å². The molecule has 1 saturated heterocycles. The minimum absolute atomic E-state index is 0.454. The summed E-state index contributed by atoms with van der Waals surface area (Å²) >= 11 is 0. The number of nitrogens with zero attached hydrogens (tertiary/aromatic N) is 1. The molecule has 0 spiro atoms. The van der Waals surface area contributed by atoms with E-state index in [0.717, 1.165) is 18.8 Å². The fraction of sp³-hybridized carbons (Fsp3) is 0.538. The molecule has 2 rings (SSSR count). The molecule has 1 aliphatic rings. The average Bonchev–Trinajstić information content (AvgIpc) is 2.51. The van der Waals surface area contributed by atoms with E-state index in [2.05, 4.69) is 37.8 Å². The van der Waals surface area contributed by atoms with Crippen molar-refractivity contribution >= 4 is 11.4 Å². The Balaban J connectivity index is 2.21. The lowest BCUT2D eigenvalue weighted by atomic mass is 9.93. The molecule has 2 heteroatoms. The SMILES string of the molecule is Cc1cc(N2CCC(C)(C)C2)ccc1N. The second-order valence-electron chi connectivity index (χ2n) is 5.38. The minimum Gasteiger partial charge on any atom is -0.399 e. The van der Waals surface area contributed by atoms with E-state index < -0.39 is 0 Å². The third-order valence-electron chi connectivity index (χ3n) is 3.30. The van der Waals surface area contributed by atoms with Crippen LogP contribution < -0.4 is 10.6 Å². The highest BCUT2D eigenvalue weighted by Crippen LogP contribution is 2.33. The van der Waals surface area contributed by atoms with E-state index in [1.54, 1.807) is 0 Å². The number of nitrogen functional groups attached to an aromatic ring is 1. The van der Waals surface area contributed by atoms with E-state index in [1.807, 2.05) is 6.07 Å². The van der Waals surface area contributed by atoms with Gasteiger partial charge in [-0.25, -0.2) is 0 Å². The highest BCUT2D eigenvalue weighted by Gasteiger charge is 2.29. The zero-order valence-electron chi connectivity index (χ0n) is 9.88. The molecule has 0 aromatic heterocycles. The lowest BCUT2D eigenvalue weighted by Gasteiger charge is -2.22. The smallest absolute Gasteiger partial charge is 0.0370 e. The van der Waals surface area contributed by atoms with Crippen LogP contribution in [0.25, 0.3) is 0 Å². The molecule has 0 bridgehead atoms. The number of hydrogen-bond acceptors (Lipinski definition) is 2. The van der Waals surface area contributed by atoms with E-state index in [0.29, 0.717) is 5.41 Å². The normalized spacial score (nSPS) is 19.5. The summed E-state index contributed by atoms with van der Waals surface area (Å²) in [5.74, 6) is 0. The van der Waals surface area contributed by atoms with Gasteiger partial charge in [0.25, 0.3) is 0 Å². The molecule has 0 atom stereocenters. The second-order valence-corrected chi connectivity index (χ2v) is 5.38. The van der Waals surface area contributed by atoms with Crippen molar-refractivity contribution in [1.29, 1.82) is 0 Å². The molecular weight excluding hydrogens is 184 g/mol. The largest absolute Gasteiger partial charge is 0.399 e. The van der Waals surface area contributed by atoms with Gasteiger partial charge in [-0.1, -0.05) is 13.8 Å². The molecule has 0 unspecified atom stereocenters. The molecule has 2 nitrogen and oxygen atoms in total. The van der Waals surface area contributed by atoms with Gasteiger partial charge in [-0.05, 0) is 42.5 Å². The zero-order chi connectivity index (χ0) is 11.1. The van der Waals surface area contributed by atoms with E-state index in [9.17, 15) is 0 Å². The molecule has 2 N–H and O–H groups in total. The monoisotopic (exact) mass is 204 g/mol. The number of nitrogens with two attached hydrogens (primary N) is 1. The Morgan fingerprint density at radius 3 is 2.60 bits per heavy atom. The lowest BCUT2D eigenvalue weighted by molar-refractivity contribution is 0.418. The van der Waals surface area contributed by atoms with Gasteiger partial charge in [0, 0.05) is 24.5 Å². The molecule has 15 heavy (non-hydrogen) atoms. The quantitative estimate of drug-likeness (QED) is 0.713.